The second kappa shape index (κ2) is 4.00. The molecule has 1 N–H and O–H groups in total. The van der Waals surface area contributed by atoms with Crippen molar-refractivity contribution in [2.24, 2.45) is 0 Å². The molecule has 17 heavy (non-hydrogen) atoms. The molecule has 0 unspecified atom stereocenters. The van der Waals surface area contributed by atoms with Gasteiger partial charge < -0.3 is 4.98 Å². The monoisotopic (exact) mass is 241 g/mol. The van der Waals surface area contributed by atoms with Gasteiger partial charge in [0.2, 0.25) is 0 Å². The number of benzene rings is 1. The van der Waals surface area contributed by atoms with E-state index >= 15 is 0 Å². The third-order valence-electron chi connectivity index (χ3n) is 2.08. The lowest BCUT2D eigenvalue weighted by molar-refractivity contribution is -0.137. The van der Waals surface area contributed by atoms with Crippen LogP contribution in [0.5, 0.6) is 0 Å². The first-order valence-corrected chi connectivity index (χ1v) is 4.56. The van der Waals surface area contributed by atoms with Crippen molar-refractivity contribution in [2.75, 3.05) is 0 Å². The lowest BCUT2D eigenvalue weighted by Crippen LogP contribution is -2.04. The third kappa shape index (κ3) is 2.32. The average Bonchev–Trinajstić information content (AvgIpc) is 2.76. The molecule has 2 rings (SSSR count). The number of aromatic nitrogens is 3. The summed E-state index contributed by atoms with van der Waals surface area (Å²) in [6, 6.07) is 4.61. The summed E-state index contributed by atoms with van der Waals surface area (Å²) in [5.74, 6) is 0.0932. The van der Waals surface area contributed by atoms with Gasteiger partial charge in [0.25, 0.3) is 0 Å². The van der Waals surface area contributed by atoms with Crippen LogP contribution in [-0.2, 0) is 6.18 Å². The lowest BCUT2D eigenvalue weighted by Gasteiger charge is -2.06. The number of hydrogen-bond donors (Lipinski definition) is 1. The molecule has 0 aliphatic carbocycles. The summed E-state index contributed by atoms with van der Waals surface area (Å²) in [5, 5.41) is 7.02. The Morgan fingerprint density at radius 1 is 1.24 bits per heavy atom. The Hall–Kier alpha value is -2.18. The van der Waals surface area contributed by atoms with Gasteiger partial charge in [-0.3, -0.25) is 4.79 Å². The van der Waals surface area contributed by atoms with E-state index in [1.165, 1.54) is 12.1 Å². The zero-order valence-electron chi connectivity index (χ0n) is 8.32. The zero-order chi connectivity index (χ0) is 12.5. The number of halogens is 3. The molecule has 2 aromatic rings. The van der Waals surface area contributed by atoms with Crippen molar-refractivity contribution in [1.29, 1.82) is 0 Å². The van der Waals surface area contributed by atoms with Crippen LogP contribution >= 0.6 is 0 Å². The highest BCUT2D eigenvalue weighted by Gasteiger charge is 2.30. The largest absolute Gasteiger partial charge is 0.416 e. The third-order valence-corrected chi connectivity index (χ3v) is 2.08. The molecule has 0 spiro atoms. The predicted molar refractivity (Wildman–Crippen MR) is 52.2 cm³/mol. The highest BCUT2D eigenvalue weighted by molar-refractivity contribution is 5.70. The first kappa shape index (κ1) is 11.3. The number of alkyl halides is 3. The number of rotatable bonds is 2. The second-order valence-electron chi connectivity index (χ2n) is 3.26. The van der Waals surface area contributed by atoms with E-state index in [0.717, 1.165) is 12.1 Å². The summed E-state index contributed by atoms with van der Waals surface area (Å²) in [7, 11) is 0. The van der Waals surface area contributed by atoms with E-state index < -0.39 is 11.7 Å². The summed E-state index contributed by atoms with van der Waals surface area (Å²) in [6.07, 6.45) is -3.98. The number of carbonyl (C=O) groups excluding carboxylic acids is 1. The molecule has 0 atom stereocenters. The van der Waals surface area contributed by atoms with Crippen LogP contribution in [-0.4, -0.2) is 21.5 Å². The molecule has 0 aliphatic heterocycles. The minimum atomic E-state index is -4.41. The van der Waals surface area contributed by atoms with Gasteiger partial charge in [-0.2, -0.15) is 13.2 Å². The molecule has 0 amide bonds. The number of aldehydes is 1. The Labute approximate surface area is 93.5 Å². The topological polar surface area (TPSA) is 58.6 Å². The van der Waals surface area contributed by atoms with E-state index in [2.05, 4.69) is 15.2 Å². The predicted octanol–water partition coefficient (Wildman–Crippen LogP) is 2.30. The Morgan fingerprint density at radius 2 is 2.00 bits per heavy atom. The van der Waals surface area contributed by atoms with Crippen LogP contribution in [0.4, 0.5) is 13.2 Å². The van der Waals surface area contributed by atoms with Crippen molar-refractivity contribution in [3.05, 3.63) is 35.7 Å². The van der Waals surface area contributed by atoms with Gasteiger partial charge in [0.05, 0.1) is 5.56 Å². The van der Waals surface area contributed by atoms with Gasteiger partial charge >= 0.3 is 6.18 Å². The summed E-state index contributed by atoms with van der Waals surface area (Å²) >= 11 is 0. The Balaban J connectivity index is 2.42. The van der Waals surface area contributed by atoms with Gasteiger partial charge in [0.1, 0.15) is 0 Å². The molecule has 0 aliphatic rings. The summed E-state index contributed by atoms with van der Waals surface area (Å²) in [5.41, 5.74) is -0.556. The molecule has 0 fully saturated rings. The van der Waals surface area contributed by atoms with Crippen molar-refractivity contribution in [2.45, 2.75) is 6.18 Å². The molecule has 1 heterocycles. The first-order valence-electron chi connectivity index (χ1n) is 4.56. The molecule has 1 aromatic heterocycles. The van der Waals surface area contributed by atoms with Crippen LogP contribution in [0.2, 0.25) is 0 Å². The van der Waals surface area contributed by atoms with Gasteiger partial charge in [0.15, 0.2) is 17.9 Å². The SMILES string of the molecule is O=Cc1nnc(-c2cccc(C(F)(F)F)c2)[nH]1. The first-order chi connectivity index (χ1) is 8.00. The van der Waals surface area contributed by atoms with E-state index in [4.69, 9.17) is 0 Å². The van der Waals surface area contributed by atoms with Crippen LogP contribution in [0.25, 0.3) is 11.4 Å². The minimum absolute atomic E-state index is 0.0302. The maximum Gasteiger partial charge on any atom is 0.416 e. The molecule has 7 heteroatoms. The van der Waals surface area contributed by atoms with Crippen molar-refractivity contribution in [3.63, 3.8) is 0 Å². The van der Waals surface area contributed by atoms with Gasteiger partial charge in [-0.15, -0.1) is 10.2 Å². The fourth-order valence-electron chi connectivity index (χ4n) is 1.30. The quantitative estimate of drug-likeness (QED) is 0.820. The summed E-state index contributed by atoms with van der Waals surface area (Å²) in [4.78, 5) is 12.9. The fourth-order valence-corrected chi connectivity index (χ4v) is 1.30. The molecule has 0 radical (unpaired) electrons. The molecular weight excluding hydrogens is 235 g/mol. The van der Waals surface area contributed by atoms with E-state index in [-0.39, 0.29) is 17.2 Å². The summed E-state index contributed by atoms with van der Waals surface area (Å²) in [6.45, 7) is 0. The Kier molecular flexibility index (Phi) is 2.66. The standard InChI is InChI=1S/C10H6F3N3O/c11-10(12,13)7-3-1-2-6(4-7)9-14-8(5-17)15-16-9/h1-5H,(H,14,15,16). The highest BCUT2D eigenvalue weighted by atomic mass is 19.4. The number of aromatic amines is 1. The molecule has 4 nitrogen and oxygen atoms in total. The molecule has 1 aromatic carbocycles. The smallest absolute Gasteiger partial charge is 0.319 e. The van der Waals surface area contributed by atoms with Crippen molar-refractivity contribution < 1.29 is 18.0 Å². The van der Waals surface area contributed by atoms with Crippen LogP contribution in [0.3, 0.4) is 0 Å². The van der Waals surface area contributed by atoms with Crippen LogP contribution in [0, 0.1) is 0 Å². The van der Waals surface area contributed by atoms with E-state index in [0.29, 0.717) is 6.29 Å². The molecular formula is C10H6F3N3O. The van der Waals surface area contributed by atoms with Gasteiger partial charge in [0, 0.05) is 5.56 Å². The van der Waals surface area contributed by atoms with Crippen LogP contribution < -0.4 is 0 Å². The van der Waals surface area contributed by atoms with Crippen LogP contribution in [0.15, 0.2) is 24.3 Å². The minimum Gasteiger partial charge on any atom is -0.319 e. The number of hydrogen-bond acceptors (Lipinski definition) is 3. The fraction of sp³-hybridized carbons (Fsp3) is 0.100. The lowest BCUT2D eigenvalue weighted by atomic mass is 10.1. The van der Waals surface area contributed by atoms with Crippen molar-refractivity contribution in [1.82, 2.24) is 15.2 Å². The zero-order valence-corrected chi connectivity index (χ0v) is 8.32. The number of nitrogens with one attached hydrogen (secondary N) is 1. The molecule has 0 saturated heterocycles. The normalized spacial score (nSPS) is 11.5. The molecule has 88 valence electrons. The number of nitrogens with zero attached hydrogens (tertiary/aromatic N) is 2. The van der Waals surface area contributed by atoms with Gasteiger partial charge in [-0.25, -0.2) is 0 Å². The van der Waals surface area contributed by atoms with Gasteiger partial charge in [-0.1, -0.05) is 12.1 Å². The highest BCUT2D eigenvalue weighted by Crippen LogP contribution is 2.31. The van der Waals surface area contributed by atoms with Gasteiger partial charge in [-0.05, 0) is 12.1 Å². The van der Waals surface area contributed by atoms with Crippen molar-refractivity contribution in [3.8, 4) is 11.4 Å². The molecule has 0 bridgehead atoms. The maximum absolute atomic E-state index is 12.5. The number of H-pyrrole nitrogens is 1. The maximum atomic E-state index is 12.5. The average molecular weight is 241 g/mol. The van der Waals surface area contributed by atoms with Crippen LogP contribution in [0.1, 0.15) is 16.2 Å². The van der Waals surface area contributed by atoms with E-state index in [9.17, 15) is 18.0 Å². The Bertz CT molecular complexity index is 548. The second-order valence-corrected chi connectivity index (χ2v) is 3.26. The van der Waals surface area contributed by atoms with Crippen molar-refractivity contribution >= 4 is 6.29 Å². The Morgan fingerprint density at radius 3 is 2.59 bits per heavy atom. The van der Waals surface area contributed by atoms with E-state index in [1.54, 1.807) is 0 Å². The van der Waals surface area contributed by atoms with E-state index in [1.807, 2.05) is 0 Å². The number of carbonyl (C=O) groups is 1. The molecule has 0 saturated carbocycles. The summed E-state index contributed by atoms with van der Waals surface area (Å²) < 4.78 is 37.4.